The number of piperidine rings is 1. The number of hydrogen-bond acceptors (Lipinski definition) is 2. The fourth-order valence-electron chi connectivity index (χ4n) is 2.13. The maximum Gasteiger partial charge on any atom is 0.0368 e. The van der Waals surface area contributed by atoms with Gasteiger partial charge in [0, 0.05) is 24.8 Å². The average molecular weight is 204 g/mol. The highest BCUT2D eigenvalue weighted by Gasteiger charge is 2.15. The van der Waals surface area contributed by atoms with Gasteiger partial charge in [-0.15, -0.1) is 0 Å². The molecule has 0 saturated carbocycles. The molecule has 0 spiro atoms. The van der Waals surface area contributed by atoms with Gasteiger partial charge in [0.1, 0.15) is 0 Å². The third-order valence-electron chi connectivity index (χ3n) is 3.22. The summed E-state index contributed by atoms with van der Waals surface area (Å²) in [5, 5.41) is 0. The Kier molecular flexibility index (Phi) is 3.27. The van der Waals surface area contributed by atoms with Crippen LogP contribution in [0.4, 0.5) is 5.69 Å². The largest absolute Gasteiger partial charge is 0.371 e. The zero-order valence-corrected chi connectivity index (χ0v) is 9.45. The smallest absolute Gasteiger partial charge is 0.0368 e. The molecule has 0 aromatic heterocycles. The summed E-state index contributed by atoms with van der Waals surface area (Å²) in [5.41, 5.74) is 8.69. The van der Waals surface area contributed by atoms with Gasteiger partial charge >= 0.3 is 0 Å². The van der Waals surface area contributed by atoms with Crippen molar-refractivity contribution in [1.29, 1.82) is 0 Å². The first-order chi connectivity index (χ1) is 7.29. The van der Waals surface area contributed by atoms with Gasteiger partial charge in [-0.1, -0.05) is 19.1 Å². The fraction of sp³-hybridized carbons (Fsp3) is 0.538. The Bertz CT molecular complexity index is 314. The predicted octanol–water partition coefficient (Wildman–Crippen LogP) is 2.18. The molecule has 1 fully saturated rings. The van der Waals surface area contributed by atoms with Crippen LogP contribution in [0.1, 0.15) is 25.3 Å². The van der Waals surface area contributed by atoms with Gasteiger partial charge in [-0.2, -0.15) is 0 Å². The quantitative estimate of drug-likeness (QED) is 0.800. The van der Waals surface area contributed by atoms with E-state index in [9.17, 15) is 0 Å². The molecule has 0 atom stereocenters. The SMILES string of the molecule is CCc1cccc(N2CCC(N)CC2)c1. The van der Waals surface area contributed by atoms with Crippen molar-refractivity contribution in [2.45, 2.75) is 32.2 Å². The second-order valence-corrected chi connectivity index (χ2v) is 4.35. The van der Waals surface area contributed by atoms with Crippen molar-refractivity contribution in [3.63, 3.8) is 0 Å². The lowest BCUT2D eigenvalue weighted by Crippen LogP contribution is -2.39. The van der Waals surface area contributed by atoms with Crippen LogP contribution >= 0.6 is 0 Å². The molecule has 1 aliphatic rings. The van der Waals surface area contributed by atoms with Gasteiger partial charge in [-0.05, 0) is 37.0 Å². The highest BCUT2D eigenvalue weighted by molar-refractivity contribution is 5.49. The molecular weight excluding hydrogens is 184 g/mol. The normalized spacial score (nSPS) is 18.1. The van der Waals surface area contributed by atoms with Crippen molar-refractivity contribution in [2.24, 2.45) is 5.73 Å². The lowest BCUT2D eigenvalue weighted by molar-refractivity contribution is 0.501. The van der Waals surface area contributed by atoms with Crippen molar-refractivity contribution in [1.82, 2.24) is 0 Å². The van der Waals surface area contributed by atoms with Crippen LogP contribution < -0.4 is 10.6 Å². The van der Waals surface area contributed by atoms with Gasteiger partial charge in [-0.3, -0.25) is 0 Å². The van der Waals surface area contributed by atoms with E-state index >= 15 is 0 Å². The number of aryl methyl sites for hydroxylation is 1. The molecule has 2 heteroatoms. The molecule has 0 aliphatic carbocycles. The third kappa shape index (κ3) is 2.51. The van der Waals surface area contributed by atoms with E-state index in [1.807, 2.05) is 0 Å². The van der Waals surface area contributed by atoms with Crippen LogP contribution in [0, 0.1) is 0 Å². The Balaban J connectivity index is 2.08. The van der Waals surface area contributed by atoms with E-state index in [2.05, 4.69) is 36.1 Å². The molecule has 1 aliphatic heterocycles. The summed E-state index contributed by atoms with van der Waals surface area (Å²) >= 11 is 0. The molecule has 0 amide bonds. The van der Waals surface area contributed by atoms with Crippen LogP contribution in [0.15, 0.2) is 24.3 Å². The molecule has 2 N–H and O–H groups in total. The van der Waals surface area contributed by atoms with Crippen LogP contribution in [-0.4, -0.2) is 19.1 Å². The maximum absolute atomic E-state index is 5.90. The van der Waals surface area contributed by atoms with Crippen LogP contribution in [0.2, 0.25) is 0 Å². The molecule has 82 valence electrons. The summed E-state index contributed by atoms with van der Waals surface area (Å²) in [6, 6.07) is 9.27. The van der Waals surface area contributed by atoms with E-state index in [4.69, 9.17) is 5.73 Å². The molecule has 2 nitrogen and oxygen atoms in total. The van der Waals surface area contributed by atoms with Gasteiger partial charge in [0.2, 0.25) is 0 Å². The summed E-state index contributed by atoms with van der Waals surface area (Å²) in [7, 11) is 0. The summed E-state index contributed by atoms with van der Waals surface area (Å²) in [4.78, 5) is 2.45. The molecule has 1 aromatic carbocycles. The van der Waals surface area contributed by atoms with Crippen LogP contribution in [0.5, 0.6) is 0 Å². The molecule has 0 unspecified atom stereocenters. The van der Waals surface area contributed by atoms with Gasteiger partial charge < -0.3 is 10.6 Å². The van der Waals surface area contributed by atoms with E-state index in [-0.39, 0.29) is 0 Å². The minimum Gasteiger partial charge on any atom is -0.371 e. The number of rotatable bonds is 2. The number of benzene rings is 1. The van der Waals surface area contributed by atoms with Crippen molar-refractivity contribution in [3.8, 4) is 0 Å². The molecule has 1 aromatic rings. The number of anilines is 1. The Morgan fingerprint density at radius 3 is 2.73 bits per heavy atom. The van der Waals surface area contributed by atoms with Crippen molar-refractivity contribution < 1.29 is 0 Å². The standard InChI is InChI=1S/C13H20N2/c1-2-11-4-3-5-13(10-11)15-8-6-12(14)7-9-15/h3-5,10,12H,2,6-9,14H2,1H3. The van der Waals surface area contributed by atoms with Gasteiger partial charge in [0.25, 0.3) is 0 Å². The van der Waals surface area contributed by atoms with Gasteiger partial charge in [0.05, 0.1) is 0 Å². The first kappa shape index (κ1) is 10.5. The summed E-state index contributed by atoms with van der Waals surface area (Å²) in [5.74, 6) is 0. The topological polar surface area (TPSA) is 29.3 Å². The minimum absolute atomic E-state index is 0.413. The molecule has 0 bridgehead atoms. The summed E-state index contributed by atoms with van der Waals surface area (Å²) in [6.45, 7) is 4.41. The first-order valence-corrected chi connectivity index (χ1v) is 5.89. The zero-order valence-electron chi connectivity index (χ0n) is 9.45. The van der Waals surface area contributed by atoms with Crippen LogP contribution in [-0.2, 0) is 6.42 Å². The van der Waals surface area contributed by atoms with Gasteiger partial charge in [-0.25, -0.2) is 0 Å². The highest BCUT2D eigenvalue weighted by atomic mass is 15.1. The molecule has 2 rings (SSSR count). The predicted molar refractivity (Wildman–Crippen MR) is 65.2 cm³/mol. The van der Waals surface area contributed by atoms with Crippen molar-refractivity contribution in [2.75, 3.05) is 18.0 Å². The van der Waals surface area contributed by atoms with E-state index in [0.717, 1.165) is 32.4 Å². The molecule has 1 heterocycles. The number of hydrogen-bond donors (Lipinski definition) is 1. The second kappa shape index (κ2) is 4.67. The summed E-state index contributed by atoms with van der Waals surface area (Å²) < 4.78 is 0. The third-order valence-corrected chi connectivity index (χ3v) is 3.22. The van der Waals surface area contributed by atoms with E-state index in [1.54, 1.807) is 0 Å². The van der Waals surface area contributed by atoms with Crippen LogP contribution in [0.3, 0.4) is 0 Å². The van der Waals surface area contributed by atoms with E-state index < -0.39 is 0 Å². The second-order valence-electron chi connectivity index (χ2n) is 4.35. The average Bonchev–Trinajstić information content (AvgIpc) is 2.30. The van der Waals surface area contributed by atoms with E-state index in [0.29, 0.717) is 6.04 Å². The molecule has 15 heavy (non-hydrogen) atoms. The minimum atomic E-state index is 0.413. The molecular formula is C13H20N2. The number of nitrogens with two attached hydrogens (primary N) is 1. The lowest BCUT2D eigenvalue weighted by atomic mass is 10.0. The Labute approximate surface area is 92.1 Å². The van der Waals surface area contributed by atoms with Crippen LogP contribution in [0.25, 0.3) is 0 Å². The monoisotopic (exact) mass is 204 g/mol. The Morgan fingerprint density at radius 2 is 2.07 bits per heavy atom. The van der Waals surface area contributed by atoms with Crippen molar-refractivity contribution in [3.05, 3.63) is 29.8 Å². The van der Waals surface area contributed by atoms with Crippen molar-refractivity contribution >= 4 is 5.69 Å². The first-order valence-electron chi connectivity index (χ1n) is 5.89. The number of nitrogens with zero attached hydrogens (tertiary/aromatic N) is 1. The Hall–Kier alpha value is -1.02. The zero-order chi connectivity index (χ0) is 10.7. The highest BCUT2D eigenvalue weighted by Crippen LogP contribution is 2.20. The van der Waals surface area contributed by atoms with Gasteiger partial charge in [0.15, 0.2) is 0 Å². The van der Waals surface area contributed by atoms with E-state index in [1.165, 1.54) is 11.3 Å². The fourth-order valence-corrected chi connectivity index (χ4v) is 2.13. The molecule has 1 saturated heterocycles. The molecule has 0 radical (unpaired) electrons. The summed E-state index contributed by atoms with van der Waals surface area (Å²) in [6.07, 6.45) is 3.36. The Morgan fingerprint density at radius 1 is 1.33 bits per heavy atom. The lowest BCUT2D eigenvalue weighted by Gasteiger charge is -2.32. The maximum atomic E-state index is 5.90.